The fourth-order valence-corrected chi connectivity index (χ4v) is 3.15. The lowest BCUT2D eigenvalue weighted by Crippen LogP contribution is -2.37. The maximum Gasteiger partial charge on any atom is 0.319 e. The number of halogens is 1. The number of hydrogen-bond donors (Lipinski definition) is 2. The second kappa shape index (κ2) is 6.98. The van der Waals surface area contributed by atoms with E-state index in [-0.39, 0.29) is 29.7 Å². The van der Waals surface area contributed by atoms with Gasteiger partial charge in [-0.15, -0.1) is 0 Å². The first-order valence-electron chi connectivity index (χ1n) is 7.89. The number of nitrogens with zero attached hydrogens (tertiary/aromatic N) is 3. The number of carbonyl (C=O) groups is 1. The first-order chi connectivity index (χ1) is 12.0. The Labute approximate surface area is 142 Å². The fourth-order valence-electron chi connectivity index (χ4n) is 3.15. The summed E-state index contributed by atoms with van der Waals surface area (Å²) in [5, 5.41) is 27.3. The molecular weight excluding hydrogens is 331 g/mol. The number of aromatic amines is 1. The number of aliphatic hydroxyl groups excluding tert-OH is 1. The minimum absolute atomic E-state index is 0.159. The van der Waals surface area contributed by atoms with Crippen LogP contribution >= 0.6 is 0 Å². The third-order valence-corrected chi connectivity index (χ3v) is 4.42. The predicted molar refractivity (Wildman–Crippen MR) is 85.3 cm³/mol. The van der Waals surface area contributed by atoms with Gasteiger partial charge in [0.05, 0.1) is 11.0 Å². The van der Waals surface area contributed by atoms with Gasteiger partial charge in [-0.2, -0.15) is 5.10 Å². The Kier molecular flexibility index (Phi) is 4.75. The highest BCUT2D eigenvalue weighted by atomic mass is 19.1. The van der Waals surface area contributed by atoms with Crippen LogP contribution in [0.5, 0.6) is 0 Å². The molecule has 1 aliphatic rings. The third-order valence-electron chi connectivity index (χ3n) is 4.42. The van der Waals surface area contributed by atoms with E-state index >= 15 is 0 Å². The van der Waals surface area contributed by atoms with Gasteiger partial charge in [0.25, 0.3) is 5.91 Å². The van der Waals surface area contributed by atoms with E-state index in [1.165, 1.54) is 29.2 Å². The number of nitrogens with one attached hydrogen (secondary N) is 1. The Morgan fingerprint density at radius 2 is 2.20 bits per heavy atom. The molecule has 9 heteroatoms. The first-order valence-corrected chi connectivity index (χ1v) is 7.89. The van der Waals surface area contributed by atoms with E-state index in [0.717, 1.165) is 12.6 Å². The molecule has 2 atom stereocenters. The van der Waals surface area contributed by atoms with Crippen LogP contribution in [0.15, 0.2) is 30.5 Å². The lowest BCUT2D eigenvalue weighted by atomic mass is 10.0. The Morgan fingerprint density at radius 3 is 2.88 bits per heavy atom. The van der Waals surface area contributed by atoms with Gasteiger partial charge in [-0.3, -0.25) is 20.0 Å². The standard InChI is InChI=1S/C16H17FN4O4/c17-11-5-3-10(4-6-11)14(22)8-12-2-1-7-20(12)16(23)15-13(21(24)25)9-18-19-15/h3-6,9,12,14,22H,1-2,7-8H2,(H,18,19). The summed E-state index contributed by atoms with van der Waals surface area (Å²) >= 11 is 0. The molecule has 3 rings (SSSR count). The SMILES string of the molecule is O=C(c1[nH]ncc1[N+](=O)[O-])N1CCCC1CC(O)c1ccc(F)cc1. The van der Waals surface area contributed by atoms with E-state index in [0.29, 0.717) is 18.5 Å². The number of nitro groups is 1. The predicted octanol–water partition coefficient (Wildman–Crippen LogP) is 2.19. The van der Waals surface area contributed by atoms with E-state index < -0.39 is 16.9 Å². The first kappa shape index (κ1) is 17.0. The van der Waals surface area contributed by atoms with Crippen molar-refractivity contribution >= 4 is 11.6 Å². The maximum atomic E-state index is 13.0. The molecule has 0 aliphatic carbocycles. The van der Waals surface area contributed by atoms with Crippen molar-refractivity contribution in [1.29, 1.82) is 0 Å². The number of amides is 1. The summed E-state index contributed by atoms with van der Waals surface area (Å²) in [4.78, 5) is 24.5. The molecule has 0 radical (unpaired) electrons. The average molecular weight is 348 g/mol. The summed E-state index contributed by atoms with van der Waals surface area (Å²) in [6, 6.07) is 5.28. The van der Waals surface area contributed by atoms with Gasteiger partial charge < -0.3 is 10.0 Å². The molecule has 1 aromatic carbocycles. The van der Waals surface area contributed by atoms with Crippen molar-refractivity contribution in [3.8, 4) is 0 Å². The van der Waals surface area contributed by atoms with E-state index in [2.05, 4.69) is 10.2 Å². The minimum atomic E-state index is -0.851. The number of rotatable bonds is 5. The van der Waals surface area contributed by atoms with Gasteiger partial charge in [0.15, 0.2) is 0 Å². The molecule has 0 spiro atoms. The molecular formula is C16H17FN4O4. The van der Waals surface area contributed by atoms with Crippen LogP contribution in [0.4, 0.5) is 10.1 Å². The van der Waals surface area contributed by atoms with Crippen molar-refractivity contribution in [2.45, 2.75) is 31.4 Å². The van der Waals surface area contributed by atoms with Crippen LogP contribution in [0.3, 0.4) is 0 Å². The molecule has 1 amide bonds. The zero-order chi connectivity index (χ0) is 18.0. The lowest BCUT2D eigenvalue weighted by molar-refractivity contribution is -0.385. The monoisotopic (exact) mass is 348 g/mol. The molecule has 0 bridgehead atoms. The van der Waals surface area contributed by atoms with Crippen molar-refractivity contribution in [2.75, 3.05) is 6.54 Å². The normalized spacial score (nSPS) is 18.3. The zero-order valence-corrected chi connectivity index (χ0v) is 13.3. The molecule has 1 aliphatic heterocycles. The van der Waals surface area contributed by atoms with Crippen molar-refractivity contribution in [2.24, 2.45) is 0 Å². The molecule has 132 valence electrons. The van der Waals surface area contributed by atoms with Crippen LogP contribution in [0, 0.1) is 15.9 Å². The van der Waals surface area contributed by atoms with Crippen molar-refractivity contribution in [3.63, 3.8) is 0 Å². The van der Waals surface area contributed by atoms with Crippen LogP contribution in [0.2, 0.25) is 0 Å². The summed E-state index contributed by atoms with van der Waals surface area (Å²) in [6.45, 7) is 0.454. The Balaban J connectivity index is 1.74. The van der Waals surface area contributed by atoms with Gasteiger partial charge in [-0.25, -0.2) is 4.39 Å². The highest BCUT2D eigenvalue weighted by molar-refractivity contribution is 5.96. The van der Waals surface area contributed by atoms with Crippen LogP contribution in [-0.4, -0.2) is 43.6 Å². The van der Waals surface area contributed by atoms with E-state index in [1.807, 2.05) is 0 Å². The Hall–Kier alpha value is -2.81. The van der Waals surface area contributed by atoms with Gasteiger partial charge in [-0.1, -0.05) is 12.1 Å². The fraction of sp³-hybridized carbons (Fsp3) is 0.375. The molecule has 2 heterocycles. The Morgan fingerprint density at radius 1 is 1.48 bits per heavy atom. The summed E-state index contributed by atoms with van der Waals surface area (Å²) in [5.74, 6) is -0.891. The average Bonchev–Trinajstić information content (AvgIpc) is 3.24. The largest absolute Gasteiger partial charge is 0.388 e. The molecule has 8 nitrogen and oxygen atoms in total. The van der Waals surface area contributed by atoms with Crippen molar-refractivity contribution in [1.82, 2.24) is 15.1 Å². The van der Waals surface area contributed by atoms with Gasteiger partial charge in [0, 0.05) is 12.6 Å². The number of H-pyrrole nitrogens is 1. The number of likely N-dealkylation sites (tertiary alicyclic amines) is 1. The molecule has 2 unspecified atom stereocenters. The number of benzene rings is 1. The van der Waals surface area contributed by atoms with Crippen LogP contribution < -0.4 is 0 Å². The zero-order valence-electron chi connectivity index (χ0n) is 13.3. The van der Waals surface area contributed by atoms with Crippen LogP contribution in [-0.2, 0) is 0 Å². The quantitative estimate of drug-likeness (QED) is 0.635. The maximum absolute atomic E-state index is 13.0. The van der Waals surface area contributed by atoms with Crippen LogP contribution in [0.1, 0.15) is 41.4 Å². The molecule has 0 saturated carbocycles. The highest BCUT2D eigenvalue weighted by Crippen LogP contribution is 2.29. The molecule has 1 aromatic heterocycles. The summed E-state index contributed by atoms with van der Waals surface area (Å²) in [7, 11) is 0. The smallest absolute Gasteiger partial charge is 0.319 e. The molecule has 2 N–H and O–H groups in total. The number of carbonyl (C=O) groups excluding carboxylic acids is 1. The number of aliphatic hydroxyl groups is 1. The third kappa shape index (κ3) is 3.50. The summed E-state index contributed by atoms with van der Waals surface area (Å²) in [6.07, 6.45) is 1.86. The molecule has 25 heavy (non-hydrogen) atoms. The summed E-state index contributed by atoms with van der Waals surface area (Å²) in [5.41, 5.74) is 0.0381. The van der Waals surface area contributed by atoms with E-state index in [1.54, 1.807) is 0 Å². The topological polar surface area (TPSA) is 112 Å². The highest BCUT2D eigenvalue weighted by Gasteiger charge is 2.35. The lowest BCUT2D eigenvalue weighted by Gasteiger charge is -2.26. The number of aromatic nitrogens is 2. The molecule has 1 saturated heterocycles. The van der Waals surface area contributed by atoms with Gasteiger partial charge in [0.1, 0.15) is 12.0 Å². The van der Waals surface area contributed by atoms with E-state index in [4.69, 9.17) is 0 Å². The number of hydrogen-bond acceptors (Lipinski definition) is 5. The molecule has 1 fully saturated rings. The van der Waals surface area contributed by atoms with Gasteiger partial charge in [0.2, 0.25) is 5.69 Å². The molecule has 2 aromatic rings. The van der Waals surface area contributed by atoms with Crippen molar-refractivity contribution < 1.29 is 19.2 Å². The second-order valence-corrected chi connectivity index (χ2v) is 5.99. The Bertz CT molecular complexity index is 777. The van der Waals surface area contributed by atoms with Gasteiger partial charge in [-0.05, 0) is 37.0 Å². The second-order valence-electron chi connectivity index (χ2n) is 5.99. The van der Waals surface area contributed by atoms with Gasteiger partial charge >= 0.3 is 5.69 Å². The van der Waals surface area contributed by atoms with Crippen molar-refractivity contribution in [3.05, 3.63) is 57.7 Å². The van der Waals surface area contributed by atoms with E-state index in [9.17, 15) is 24.4 Å². The van der Waals surface area contributed by atoms with Crippen LogP contribution in [0.25, 0.3) is 0 Å². The minimum Gasteiger partial charge on any atom is -0.388 e. The summed E-state index contributed by atoms with van der Waals surface area (Å²) < 4.78 is 13.0.